The number of ether oxygens (including phenoxy) is 1. The molecule has 0 unspecified atom stereocenters. The van der Waals surface area contributed by atoms with Crippen molar-refractivity contribution in [2.45, 2.75) is 4.21 Å². The molecule has 1 aromatic carbocycles. The molecular weight excluding hydrogens is 236 g/mol. The van der Waals surface area contributed by atoms with Gasteiger partial charge in [0.2, 0.25) is 0 Å². The lowest BCUT2D eigenvalue weighted by Crippen LogP contribution is -1.93. The van der Waals surface area contributed by atoms with Gasteiger partial charge in [-0.1, -0.05) is 12.1 Å². The lowest BCUT2D eigenvalue weighted by molar-refractivity contribution is 0.420. The van der Waals surface area contributed by atoms with Crippen molar-refractivity contribution in [2.75, 3.05) is 7.11 Å². The van der Waals surface area contributed by atoms with E-state index < -0.39 is 10.1 Å². The Labute approximate surface area is 90.9 Å². The number of benzene rings is 1. The molecule has 0 radical (unpaired) electrons. The average Bonchev–Trinajstić information content (AvgIpc) is 2.59. The predicted octanol–water partition coefficient (Wildman–Crippen LogP) is 2.16. The van der Waals surface area contributed by atoms with Crippen LogP contribution >= 0.6 is 11.3 Å². The molecule has 0 aliphatic rings. The summed E-state index contributed by atoms with van der Waals surface area (Å²) in [6, 6.07) is 6.70. The van der Waals surface area contributed by atoms with Crippen molar-refractivity contribution in [3.63, 3.8) is 0 Å². The molecule has 0 bridgehead atoms. The van der Waals surface area contributed by atoms with E-state index in [2.05, 4.69) is 0 Å². The maximum Gasteiger partial charge on any atom is 0.304 e. The Kier molecular flexibility index (Phi) is 2.41. The van der Waals surface area contributed by atoms with E-state index in [9.17, 15) is 8.42 Å². The van der Waals surface area contributed by atoms with Crippen LogP contribution in [-0.4, -0.2) is 20.1 Å². The third-order valence-corrected chi connectivity index (χ3v) is 4.43. The largest absolute Gasteiger partial charge is 0.495 e. The molecule has 6 heteroatoms. The molecule has 1 aromatic heterocycles. The fourth-order valence-electron chi connectivity index (χ4n) is 1.30. The Morgan fingerprint density at radius 1 is 1.40 bits per heavy atom. The fraction of sp³-hybridized carbons (Fsp3) is 0.111. The monoisotopic (exact) mass is 244 g/mol. The lowest BCUT2D eigenvalue weighted by atomic mass is 10.2. The zero-order valence-corrected chi connectivity index (χ0v) is 9.43. The molecule has 2 aromatic rings. The molecule has 0 aliphatic carbocycles. The topological polar surface area (TPSA) is 63.6 Å². The first-order valence-corrected chi connectivity index (χ1v) is 6.32. The van der Waals surface area contributed by atoms with E-state index in [4.69, 9.17) is 9.29 Å². The van der Waals surface area contributed by atoms with Gasteiger partial charge in [0, 0.05) is 0 Å². The van der Waals surface area contributed by atoms with E-state index in [1.165, 1.54) is 13.2 Å². The van der Waals surface area contributed by atoms with Gasteiger partial charge in [0.05, 0.1) is 11.8 Å². The predicted molar refractivity (Wildman–Crippen MR) is 58.2 cm³/mol. The van der Waals surface area contributed by atoms with Gasteiger partial charge in [-0.15, -0.1) is 11.3 Å². The lowest BCUT2D eigenvalue weighted by Gasteiger charge is -1.98. The molecule has 0 saturated heterocycles. The zero-order chi connectivity index (χ0) is 11.1. The van der Waals surface area contributed by atoms with Crippen LogP contribution in [0.2, 0.25) is 0 Å². The normalized spacial score (nSPS) is 11.9. The van der Waals surface area contributed by atoms with E-state index in [0.29, 0.717) is 10.4 Å². The SMILES string of the molecule is COc1cccc2cc(S(=O)(=O)O)sc12. The smallest absolute Gasteiger partial charge is 0.304 e. The fourth-order valence-corrected chi connectivity index (χ4v) is 3.13. The Bertz CT molecular complexity index is 598. The van der Waals surface area contributed by atoms with Gasteiger partial charge in [0.1, 0.15) is 9.96 Å². The maximum absolute atomic E-state index is 10.9. The molecule has 0 atom stereocenters. The van der Waals surface area contributed by atoms with Crippen molar-refractivity contribution in [2.24, 2.45) is 0 Å². The summed E-state index contributed by atoms with van der Waals surface area (Å²) in [7, 11) is -2.61. The summed E-state index contributed by atoms with van der Waals surface area (Å²) < 4.78 is 36.5. The molecule has 0 spiro atoms. The van der Waals surface area contributed by atoms with Gasteiger partial charge in [0.25, 0.3) is 0 Å². The van der Waals surface area contributed by atoms with Crippen LogP contribution < -0.4 is 4.74 Å². The molecule has 0 aliphatic heterocycles. The van der Waals surface area contributed by atoms with Gasteiger partial charge in [-0.25, -0.2) is 0 Å². The highest BCUT2D eigenvalue weighted by atomic mass is 32.3. The van der Waals surface area contributed by atoms with Crippen LogP contribution in [0.5, 0.6) is 5.75 Å². The first-order chi connectivity index (χ1) is 7.02. The van der Waals surface area contributed by atoms with Gasteiger partial charge >= 0.3 is 10.1 Å². The molecule has 0 fully saturated rings. The maximum atomic E-state index is 10.9. The molecule has 15 heavy (non-hydrogen) atoms. The van der Waals surface area contributed by atoms with Crippen molar-refractivity contribution >= 4 is 31.5 Å². The van der Waals surface area contributed by atoms with E-state index in [1.54, 1.807) is 18.2 Å². The highest BCUT2D eigenvalue weighted by molar-refractivity contribution is 7.88. The first kappa shape index (κ1) is 10.4. The second kappa shape index (κ2) is 3.48. The third kappa shape index (κ3) is 1.83. The average molecular weight is 244 g/mol. The molecule has 4 nitrogen and oxygen atoms in total. The quantitative estimate of drug-likeness (QED) is 0.822. The van der Waals surface area contributed by atoms with E-state index in [-0.39, 0.29) is 4.21 Å². The second-order valence-electron chi connectivity index (χ2n) is 2.92. The number of methoxy groups -OCH3 is 1. The van der Waals surface area contributed by atoms with Crippen molar-refractivity contribution in [3.8, 4) is 5.75 Å². The van der Waals surface area contributed by atoms with Crippen molar-refractivity contribution < 1.29 is 17.7 Å². The first-order valence-electron chi connectivity index (χ1n) is 4.06. The zero-order valence-electron chi connectivity index (χ0n) is 7.80. The minimum absolute atomic E-state index is 0.0676. The number of fused-ring (bicyclic) bond motifs is 1. The summed E-state index contributed by atoms with van der Waals surface area (Å²) in [5.74, 6) is 0.604. The summed E-state index contributed by atoms with van der Waals surface area (Å²) in [5, 5.41) is 0.743. The minimum Gasteiger partial charge on any atom is -0.495 e. The van der Waals surface area contributed by atoms with Crippen LogP contribution in [0, 0.1) is 0 Å². The van der Waals surface area contributed by atoms with Crippen LogP contribution in [0.15, 0.2) is 28.5 Å². The van der Waals surface area contributed by atoms with Crippen LogP contribution in [0.4, 0.5) is 0 Å². The Hall–Kier alpha value is -1.11. The Morgan fingerprint density at radius 3 is 2.73 bits per heavy atom. The van der Waals surface area contributed by atoms with Crippen LogP contribution in [0.3, 0.4) is 0 Å². The van der Waals surface area contributed by atoms with Crippen molar-refractivity contribution in [1.82, 2.24) is 0 Å². The molecule has 0 amide bonds. The molecule has 2 rings (SSSR count). The van der Waals surface area contributed by atoms with Gasteiger partial charge in [-0.3, -0.25) is 4.55 Å². The standard InChI is InChI=1S/C9H8O4S2/c1-13-7-4-2-3-6-5-8(14-9(6)7)15(10,11)12/h2-5H,1H3,(H,10,11,12). The van der Waals surface area contributed by atoms with Crippen LogP contribution in [0.1, 0.15) is 0 Å². The number of rotatable bonds is 2. The van der Waals surface area contributed by atoms with Crippen molar-refractivity contribution in [1.29, 1.82) is 0 Å². The van der Waals surface area contributed by atoms with Gasteiger partial charge in [0.15, 0.2) is 0 Å². The molecule has 1 heterocycles. The molecular formula is C9H8O4S2. The van der Waals surface area contributed by atoms with Crippen LogP contribution in [0.25, 0.3) is 10.1 Å². The van der Waals surface area contributed by atoms with E-state index >= 15 is 0 Å². The summed E-state index contributed by atoms with van der Waals surface area (Å²) in [6.45, 7) is 0. The second-order valence-corrected chi connectivity index (χ2v) is 5.62. The molecule has 80 valence electrons. The number of hydrogen-bond donors (Lipinski definition) is 1. The summed E-state index contributed by atoms with van der Waals surface area (Å²) >= 11 is 0.992. The number of thiophene rings is 1. The van der Waals surface area contributed by atoms with Crippen molar-refractivity contribution in [3.05, 3.63) is 24.3 Å². The summed E-state index contributed by atoms with van der Waals surface area (Å²) in [6.07, 6.45) is 0. The van der Waals surface area contributed by atoms with Gasteiger partial charge < -0.3 is 4.74 Å². The Balaban J connectivity index is 2.76. The summed E-state index contributed by atoms with van der Waals surface area (Å²) in [4.78, 5) is 0. The van der Waals surface area contributed by atoms with E-state index in [1.807, 2.05) is 0 Å². The minimum atomic E-state index is -4.13. The molecule has 0 saturated carbocycles. The highest BCUT2D eigenvalue weighted by Crippen LogP contribution is 2.35. The third-order valence-electron chi connectivity index (χ3n) is 1.96. The van der Waals surface area contributed by atoms with E-state index in [0.717, 1.165) is 16.7 Å². The van der Waals surface area contributed by atoms with Gasteiger partial charge in [-0.05, 0) is 17.5 Å². The van der Waals surface area contributed by atoms with Crippen LogP contribution in [-0.2, 0) is 10.1 Å². The number of hydrogen-bond acceptors (Lipinski definition) is 4. The Morgan fingerprint density at radius 2 is 2.13 bits per heavy atom. The molecule has 1 N–H and O–H groups in total. The van der Waals surface area contributed by atoms with Gasteiger partial charge in [-0.2, -0.15) is 8.42 Å². The highest BCUT2D eigenvalue weighted by Gasteiger charge is 2.15. The summed E-state index contributed by atoms with van der Waals surface area (Å²) in [5.41, 5.74) is 0.